The molecule has 0 aromatic carbocycles. The van der Waals surface area contributed by atoms with Crippen molar-refractivity contribution < 1.29 is 0 Å². The van der Waals surface area contributed by atoms with Gasteiger partial charge in [-0.3, -0.25) is 4.99 Å². The minimum atomic E-state index is 1.02. The Labute approximate surface area is 60.9 Å². The van der Waals surface area contributed by atoms with E-state index < -0.39 is 0 Å². The van der Waals surface area contributed by atoms with Crippen LogP contribution in [0.2, 0.25) is 0 Å². The smallest absolute Gasteiger partial charge is 0.0882 e. The largest absolute Gasteiger partial charge is 0.254 e. The van der Waals surface area contributed by atoms with Gasteiger partial charge in [0.15, 0.2) is 0 Å². The van der Waals surface area contributed by atoms with Crippen molar-refractivity contribution in [3.8, 4) is 0 Å². The Kier molecular flexibility index (Phi) is 2.00. The first-order valence-corrected chi connectivity index (χ1v) is 3.13. The summed E-state index contributed by atoms with van der Waals surface area (Å²) in [6.45, 7) is 0. The second-order valence-electron chi connectivity index (χ2n) is 1.18. The van der Waals surface area contributed by atoms with Crippen molar-refractivity contribution >= 4 is 34.7 Å². The molecule has 0 aromatic heterocycles. The van der Waals surface area contributed by atoms with Crippen LogP contribution in [0.1, 0.15) is 0 Å². The molecule has 0 aromatic rings. The average Bonchev–Trinajstić information content (AvgIpc) is 1.94. The van der Waals surface area contributed by atoms with Crippen LogP contribution in [0, 0.1) is 0 Å². The summed E-state index contributed by atoms with van der Waals surface area (Å²) in [5.74, 6) is 2.60. The minimum Gasteiger partial charge on any atom is -0.254 e. The average molecular weight is 218 g/mol. The van der Waals surface area contributed by atoms with E-state index in [1.807, 2.05) is 0 Å². The highest BCUT2D eigenvalue weighted by atomic mass is 127. The van der Waals surface area contributed by atoms with Crippen LogP contribution in [0.3, 0.4) is 0 Å². The van der Waals surface area contributed by atoms with E-state index in [1.165, 1.54) is 6.20 Å². The number of halogens is 1. The van der Waals surface area contributed by atoms with Crippen LogP contribution in [0.15, 0.2) is 26.0 Å². The van der Waals surface area contributed by atoms with Crippen molar-refractivity contribution in [2.24, 2.45) is 9.98 Å². The molecular weight excluding hydrogens is 215 g/mol. The monoisotopic (exact) mass is 218 g/mol. The molecule has 1 aliphatic heterocycles. The molecule has 0 saturated carbocycles. The molecule has 0 fully saturated rings. The summed E-state index contributed by atoms with van der Waals surface area (Å²) < 4.78 is 1.02. The molecule has 1 heterocycles. The number of hydrogen-bond acceptors (Lipinski definition) is 2. The molecule has 1 aliphatic rings. The maximum atomic E-state index is 3.82. The Bertz CT molecular complexity index is 196. The summed E-state index contributed by atoms with van der Waals surface area (Å²) in [5, 5.41) is 0. The lowest BCUT2D eigenvalue weighted by molar-refractivity contribution is 1.62. The zero-order valence-corrected chi connectivity index (χ0v) is 6.16. The van der Waals surface area contributed by atoms with Crippen molar-refractivity contribution in [1.29, 1.82) is 0 Å². The third-order valence-electron chi connectivity index (χ3n) is 0.593. The Morgan fingerprint density at radius 3 is 3.38 bits per heavy atom. The van der Waals surface area contributed by atoms with E-state index in [-0.39, 0.29) is 0 Å². The summed E-state index contributed by atoms with van der Waals surface area (Å²) >= 11 is 2.14. The van der Waals surface area contributed by atoms with E-state index in [0.717, 1.165) is 3.58 Å². The molecule has 0 atom stereocenters. The topological polar surface area (TPSA) is 24.7 Å². The maximum Gasteiger partial charge on any atom is 0.0882 e. The van der Waals surface area contributed by atoms with Crippen LogP contribution in [0.25, 0.3) is 0 Å². The SMILES string of the molecule is IC1=CN=C=CN=C1. The molecular formula is C5H3IN2. The molecule has 3 heteroatoms. The van der Waals surface area contributed by atoms with Crippen LogP contribution in [0.4, 0.5) is 0 Å². The van der Waals surface area contributed by atoms with Crippen molar-refractivity contribution in [3.05, 3.63) is 16.0 Å². The predicted octanol–water partition coefficient (Wildman–Crippen LogP) is 1.53. The number of hydrogen-bond donors (Lipinski definition) is 0. The first-order chi connectivity index (χ1) is 3.89. The second-order valence-corrected chi connectivity index (χ2v) is 2.43. The minimum absolute atomic E-state index is 1.02. The van der Waals surface area contributed by atoms with Crippen molar-refractivity contribution in [1.82, 2.24) is 0 Å². The van der Waals surface area contributed by atoms with E-state index >= 15 is 0 Å². The molecule has 40 valence electrons. The molecule has 0 radical (unpaired) electrons. The highest BCUT2D eigenvalue weighted by molar-refractivity contribution is 14.1. The highest BCUT2D eigenvalue weighted by Gasteiger charge is 1.81. The van der Waals surface area contributed by atoms with Gasteiger partial charge in [-0.25, -0.2) is 4.99 Å². The van der Waals surface area contributed by atoms with Gasteiger partial charge in [0, 0.05) is 12.1 Å². The standard InChI is InChI=1S/C5H3IN2/c6-5-3-7-1-2-8-4-5/h1,3-4H. The zero-order chi connectivity index (χ0) is 5.82. The van der Waals surface area contributed by atoms with Gasteiger partial charge in [0.2, 0.25) is 0 Å². The van der Waals surface area contributed by atoms with Gasteiger partial charge >= 0.3 is 0 Å². The van der Waals surface area contributed by atoms with E-state index in [9.17, 15) is 0 Å². The van der Waals surface area contributed by atoms with E-state index in [0.29, 0.717) is 0 Å². The van der Waals surface area contributed by atoms with Crippen LogP contribution in [0.5, 0.6) is 0 Å². The van der Waals surface area contributed by atoms with Crippen LogP contribution < -0.4 is 0 Å². The van der Waals surface area contributed by atoms with E-state index in [2.05, 4.69) is 38.4 Å². The molecule has 0 N–H and O–H groups in total. The fraction of sp³-hybridized carbons (Fsp3) is 0. The molecule has 0 aliphatic carbocycles. The summed E-state index contributed by atoms with van der Waals surface area (Å²) in [7, 11) is 0. The quantitative estimate of drug-likeness (QED) is 0.551. The number of aliphatic imine (C=N–C) groups is 2. The Hall–Kier alpha value is -0.410. The van der Waals surface area contributed by atoms with Gasteiger partial charge in [-0.15, -0.1) is 0 Å². The summed E-state index contributed by atoms with van der Waals surface area (Å²) in [6.07, 6.45) is 4.96. The summed E-state index contributed by atoms with van der Waals surface area (Å²) in [4.78, 5) is 7.57. The summed E-state index contributed by atoms with van der Waals surface area (Å²) in [6, 6.07) is 0. The number of allylic oxidation sites excluding steroid dienone is 1. The Morgan fingerprint density at radius 2 is 2.50 bits per heavy atom. The van der Waals surface area contributed by atoms with E-state index in [1.54, 1.807) is 12.4 Å². The molecule has 0 saturated heterocycles. The molecule has 2 nitrogen and oxygen atoms in total. The second kappa shape index (κ2) is 2.79. The first kappa shape index (κ1) is 5.72. The lowest BCUT2D eigenvalue weighted by Crippen LogP contribution is -1.65. The molecule has 0 bridgehead atoms. The molecule has 0 spiro atoms. The van der Waals surface area contributed by atoms with E-state index in [4.69, 9.17) is 0 Å². The third-order valence-corrected chi connectivity index (χ3v) is 1.15. The van der Waals surface area contributed by atoms with Crippen LogP contribution in [-0.4, -0.2) is 12.1 Å². The number of rotatable bonds is 0. The van der Waals surface area contributed by atoms with Gasteiger partial charge in [0.05, 0.1) is 16.0 Å². The van der Waals surface area contributed by atoms with Gasteiger partial charge in [-0.1, -0.05) is 0 Å². The molecule has 0 unspecified atom stereocenters. The molecule has 1 rings (SSSR count). The van der Waals surface area contributed by atoms with Crippen LogP contribution in [-0.2, 0) is 0 Å². The maximum absolute atomic E-state index is 3.82. The van der Waals surface area contributed by atoms with Crippen LogP contribution >= 0.6 is 22.6 Å². The molecule has 8 heavy (non-hydrogen) atoms. The zero-order valence-electron chi connectivity index (χ0n) is 4.00. The Morgan fingerprint density at radius 1 is 1.62 bits per heavy atom. The van der Waals surface area contributed by atoms with Crippen molar-refractivity contribution in [3.63, 3.8) is 0 Å². The molecule has 0 amide bonds. The van der Waals surface area contributed by atoms with Gasteiger partial charge < -0.3 is 0 Å². The van der Waals surface area contributed by atoms with Gasteiger partial charge in [-0.2, -0.15) is 0 Å². The predicted molar refractivity (Wildman–Crippen MR) is 42.6 cm³/mol. The first-order valence-electron chi connectivity index (χ1n) is 2.05. The van der Waals surface area contributed by atoms with Crippen molar-refractivity contribution in [2.45, 2.75) is 0 Å². The Balaban J connectivity index is 2.90. The third kappa shape index (κ3) is 1.60. The normalized spacial score (nSPS) is 15.9. The van der Waals surface area contributed by atoms with Crippen molar-refractivity contribution in [2.75, 3.05) is 0 Å². The lowest BCUT2D eigenvalue weighted by atomic mass is 10.7. The van der Waals surface area contributed by atoms with Gasteiger partial charge in [0.1, 0.15) is 0 Å². The van der Waals surface area contributed by atoms with Gasteiger partial charge in [0.25, 0.3) is 0 Å². The highest BCUT2D eigenvalue weighted by Crippen LogP contribution is 2.02. The lowest BCUT2D eigenvalue weighted by Gasteiger charge is -1.75. The van der Waals surface area contributed by atoms with Gasteiger partial charge in [-0.05, 0) is 22.6 Å². The fourth-order valence-electron chi connectivity index (χ4n) is 0.307. The fourth-order valence-corrected chi connectivity index (χ4v) is 0.607. The summed E-state index contributed by atoms with van der Waals surface area (Å²) in [5.41, 5.74) is 0. The number of nitrogens with zero attached hydrogens (tertiary/aromatic N) is 2.